The highest BCUT2D eigenvalue weighted by atomic mass is 16.3. The van der Waals surface area contributed by atoms with Gasteiger partial charge in [-0.05, 0) is 46.9 Å². The van der Waals surface area contributed by atoms with Gasteiger partial charge in [-0.15, -0.1) is 0 Å². The molecule has 0 aliphatic carbocycles. The summed E-state index contributed by atoms with van der Waals surface area (Å²) in [6, 6.07) is 35.9. The van der Waals surface area contributed by atoms with Gasteiger partial charge in [0.15, 0.2) is 0 Å². The van der Waals surface area contributed by atoms with Gasteiger partial charge < -0.3 is 9.52 Å². The Labute approximate surface area is 189 Å². The molecule has 4 aromatic rings. The van der Waals surface area contributed by atoms with E-state index in [1.807, 2.05) is 18.2 Å². The Balaban J connectivity index is 1.71. The van der Waals surface area contributed by atoms with Crippen LogP contribution in [0, 0.1) is 0 Å². The molecule has 2 heterocycles. The topological polar surface area (TPSA) is 36.6 Å². The quantitative estimate of drug-likeness (QED) is 0.419. The lowest BCUT2D eigenvalue weighted by Crippen LogP contribution is -2.52. The second-order valence-electron chi connectivity index (χ2n) is 8.27. The summed E-state index contributed by atoms with van der Waals surface area (Å²) in [7, 11) is 0. The minimum Gasteiger partial charge on any atom is -0.465 e. The van der Waals surface area contributed by atoms with Gasteiger partial charge in [0.25, 0.3) is 0 Å². The minimum absolute atomic E-state index is 0.476. The molecule has 0 spiro atoms. The Morgan fingerprint density at radius 2 is 1.28 bits per heavy atom. The van der Waals surface area contributed by atoms with Crippen molar-refractivity contribution in [2.75, 3.05) is 13.1 Å². The summed E-state index contributed by atoms with van der Waals surface area (Å²) >= 11 is 0. The first-order chi connectivity index (χ1) is 15.8. The maximum absolute atomic E-state index is 10.8. The highest BCUT2D eigenvalue weighted by Crippen LogP contribution is 2.44. The zero-order chi connectivity index (χ0) is 21.8. The molecule has 0 bridgehead atoms. The highest BCUT2D eigenvalue weighted by Gasteiger charge is 2.44. The number of rotatable bonds is 5. The molecule has 1 fully saturated rings. The van der Waals surface area contributed by atoms with Crippen LogP contribution in [0.4, 0.5) is 0 Å². The van der Waals surface area contributed by atoms with Crippen molar-refractivity contribution in [3.8, 4) is 0 Å². The molecule has 1 atom stereocenters. The van der Waals surface area contributed by atoms with E-state index in [2.05, 4.69) is 95.9 Å². The van der Waals surface area contributed by atoms with Crippen molar-refractivity contribution >= 4 is 6.08 Å². The summed E-state index contributed by atoms with van der Waals surface area (Å²) in [5.74, 6) is 0.769. The van der Waals surface area contributed by atoms with Crippen LogP contribution < -0.4 is 0 Å². The molecule has 160 valence electrons. The van der Waals surface area contributed by atoms with Crippen LogP contribution in [-0.2, 0) is 5.54 Å². The summed E-state index contributed by atoms with van der Waals surface area (Å²) in [5.41, 5.74) is 4.13. The number of benzene rings is 3. The first kappa shape index (κ1) is 20.5. The summed E-state index contributed by atoms with van der Waals surface area (Å²) < 4.78 is 5.55. The van der Waals surface area contributed by atoms with Gasteiger partial charge in [0.1, 0.15) is 5.76 Å². The van der Waals surface area contributed by atoms with Gasteiger partial charge in [-0.25, -0.2) is 0 Å². The molecule has 1 aliphatic heterocycles. The van der Waals surface area contributed by atoms with Crippen LogP contribution in [0.2, 0.25) is 0 Å². The fourth-order valence-corrected chi connectivity index (χ4v) is 4.94. The van der Waals surface area contributed by atoms with E-state index in [0.29, 0.717) is 13.0 Å². The Bertz CT molecular complexity index is 1060. The average Bonchev–Trinajstić information content (AvgIpc) is 3.37. The minimum atomic E-state index is -0.480. The Morgan fingerprint density at radius 1 is 0.750 bits per heavy atom. The van der Waals surface area contributed by atoms with Gasteiger partial charge in [0.2, 0.25) is 0 Å². The molecule has 1 unspecified atom stereocenters. The summed E-state index contributed by atoms with van der Waals surface area (Å²) in [5, 5.41) is 10.8. The smallest absolute Gasteiger partial charge is 0.126 e. The van der Waals surface area contributed by atoms with E-state index >= 15 is 0 Å². The predicted octanol–water partition coefficient (Wildman–Crippen LogP) is 5.72. The molecule has 3 nitrogen and oxygen atoms in total. The maximum atomic E-state index is 10.8. The van der Waals surface area contributed by atoms with Crippen molar-refractivity contribution in [3.05, 3.63) is 137 Å². The van der Waals surface area contributed by atoms with E-state index in [1.54, 1.807) is 6.26 Å². The van der Waals surface area contributed by atoms with Gasteiger partial charge >= 0.3 is 0 Å². The fourth-order valence-electron chi connectivity index (χ4n) is 4.94. The van der Waals surface area contributed by atoms with Crippen molar-refractivity contribution in [1.82, 2.24) is 4.90 Å². The highest BCUT2D eigenvalue weighted by molar-refractivity contribution is 5.53. The summed E-state index contributed by atoms with van der Waals surface area (Å²) in [6.45, 7) is 1.41. The van der Waals surface area contributed by atoms with E-state index in [-0.39, 0.29) is 0 Å². The number of piperidine rings is 1. The largest absolute Gasteiger partial charge is 0.465 e. The molecule has 0 radical (unpaired) electrons. The van der Waals surface area contributed by atoms with Crippen LogP contribution in [0.1, 0.15) is 28.9 Å². The van der Waals surface area contributed by atoms with Crippen molar-refractivity contribution in [3.63, 3.8) is 0 Å². The Morgan fingerprint density at radius 3 is 1.75 bits per heavy atom. The fraction of sp³-hybridized carbons (Fsp3) is 0.172. The van der Waals surface area contributed by atoms with Gasteiger partial charge in [0, 0.05) is 13.1 Å². The third-order valence-electron chi connectivity index (χ3n) is 6.39. The van der Waals surface area contributed by atoms with Gasteiger partial charge in [-0.2, -0.15) is 0 Å². The Kier molecular flexibility index (Phi) is 5.76. The molecular weight excluding hydrogens is 394 g/mol. The van der Waals surface area contributed by atoms with E-state index in [0.717, 1.165) is 17.9 Å². The number of furan rings is 1. The number of nitrogens with zero attached hydrogens (tertiary/aromatic N) is 1. The van der Waals surface area contributed by atoms with E-state index < -0.39 is 11.6 Å². The first-order valence-electron chi connectivity index (χ1n) is 11.1. The van der Waals surface area contributed by atoms with Crippen LogP contribution in [0.3, 0.4) is 0 Å². The van der Waals surface area contributed by atoms with Crippen LogP contribution in [0.15, 0.2) is 119 Å². The molecule has 1 N–H and O–H groups in total. The number of aliphatic hydroxyl groups is 1. The zero-order valence-electron chi connectivity index (χ0n) is 18.0. The summed E-state index contributed by atoms with van der Waals surface area (Å²) in [4.78, 5) is 2.49. The monoisotopic (exact) mass is 421 g/mol. The van der Waals surface area contributed by atoms with Gasteiger partial charge in [-0.1, -0.05) is 91.0 Å². The standard InChI is InChI=1S/C29H27NO2/c31-28-18-19-30(22-23(28)21-27-17-10-20-32-27)29(24-11-4-1-5-12-24,25-13-6-2-7-14-25)26-15-8-3-9-16-26/h1-17,20-21,28,31H,18-19,22H2. The second-order valence-corrected chi connectivity index (χ2v) is 8.27. The number of likely N-dealkylation sites (tertiary alicyclic amines) is 1. The maximum Gasteiger partial charge on any atom is 0.126 e. The van der Waals surface area contributed by atoms with E-state index in [1.165, 1.54) is 16.7 Å². The van der Waals surface area contributed by atoms with Crippen molar-refractivity contribution in [1.29, 1.82) is 0 Å². The predicted molar refractivity (Wildman–Crippen MR) is 128 cm³/mol. The second kappa shape index (κ2) is 8.99. The normalized spacial score (nSPS) is 18.7. The van der Waals surface area contributed by atoms with Gasteiger partial charge in [0.05, 0.1) is 17.9 Å². The van der Waals surface area contributed by atoms with Crippen molar-refractivity contribution in [2.45, 2.75) is 18.1 Å². The Hall–Kier alpha value is -3.40. The average molecular weight is 422 g/mol. The van der Waals surface area contributed by atoms with Crippen molar-refractivity contribution < 1.29 is 9.52 Å². The van der Waals surface area contributed by atoms with Crippen LogP contribution in [-0.4, -0.2) is 29.2 Å². The molecule has 0 amide bonds. The molecule has 32 heavy (non-hydrogen) atoms. The molecule has 5 rings (SSSR count). The van der Waals surface area contributed by atoms with E-state index in [4.69, 9.17) is 4.42 Å². The SMILES string of the molecule is OC1CCN(C(c2ccccc2)(c2ccccc2)c2ccccc2)CC1=Cc1ccco1. The lowest BCUT2D eigenvalue weighted by molar-refractivity contribution is 0.0871. The molecule has 1 saturated heterocycles. The molecule has 3 aromatic carbocycles. The molecule has 1 aromatic heterocycles. The molecule has 1 aliphatic rings. The zero-order valence-corrected chi connectivity index (χ0v) is 18.0. The lowest BCUT2D eigenvalue weighted by Gasteiger charge is -2.48. The molecular formula is C29H27NO2. The number of hydrogen-bond donors (Lipinski definition) is 1. The lowest BCUT2D eigenvalue weighted by atomic mass is 9.74. The van der Waals surface area contributed by atoms with Crippen LogP contribution in [0.5, 0.6) is 0 Å². The van der Waals surface area contributed by atoms with Crippen LogP contribution in [0.25, 0.3) is 6.08 Å². The summed E-state index contributed by atoms with van der Waals surface area (Å²) in [6.07, 6.45) is 3.85. The third-order valence-corrected chi connectivity index (χ3v) is 6.39. The van der Waals surface area contributed by atoms with E-state index in [9.17, 15) is 5.11 Å². The van der Waals surface area contributed by atoms with Crippen LogP contribution >= 0.6 is 0 Å². The number of aliphatic hydroxyl groups excluding tert-OH is 1. The molecule has 0 saturated carbocycles. The van der Waals surface area contributed by atoms with Gasteiger partial charge in [-0.3, -0.25) is 4.90 Å². The third kappa shape index (κ3) is 3.70. The molecule has 3 heteroatoms. The number of hydrogen-bond acceptors (Lipinski definition) is 3. The van der Waals surface area contributed by atoms with Crippen molar-refractivity contribution in [2.24, 2.45) is 0 Å². The first-order valence-corrected chi connectivity index (χ1v) is 11.1.